The number of aromatic nitrogens is 1. The molecular formula is C19H26BrClN2O2. The van der Waals surface area contributed by atoms with E-state index in [1.807, 2.05) is 59.9 Å². The number of carbonyl (C=O) groups is 1. The van der Waals surface area contributed by atoms with Gasteiger partial charge in [-0.1, -0.05) is 11.6 Å². The highest BCUT2D eigenvalue weighted by molar-refractivity contribution is 9.10. The normalized spacial score (nSPS) is 12.5. The Labute approximate surface area is 163 Å². The van der Waals surface area contributed by atoms with E-state index in [0.717, 1.165) is 20.9 Å². The summed E-state index contributed by atoms with van der Waals surface area (Å²) in [5.74, 6) is 0. The van der Waals surface area contributed by atoms with Crippen molar-refractivity contribution in [1.82, 2.24) is 9.88 Å². The molecule has 0 unspecified atom stereocenters. The number of nitrogens with one attached hydrogen (secondary N) is 1. The van der Waals surface area contributed by atoms with E-state index in [1.165, 1.54) is 0 Å². The molecule has 1 N–H and O–H groups in total. The van der Waals surface area contributed by atoms with Gasteiger partial charge in [-0.25, -0.2) is 4.79 Å². The van der Waals surface area contributed by atoms with Crippen molar-refractivity contribution in [3.05, 3.63) is 33.4 Å². The molecule has 138 valence electrons. The highest BCUT2D eigenvalue weighted by Crippen LogP contribution is 2.30. The molecule has 25 heavy (non-hydrogen) atoms. The predicted molar refractivity (Wildman–Crippen MR) is 107 cm³/mol. The lowest BCUT2D eigenvalue weighted by atomic mass is 10.0. The molecule has 1 aromatic heterocycles. The van der Waals surface area contributed by atoms with E-state index in [4.69, 9.17) is 16.3 Å². The van der Waals surface area contributed by atoms with E-state index in [9.17, 15) is 4.79 Å². The smallest absolute Gasteiger partial charge is 0.410 e. The van der Waals surface area contributed by atoms with Crippen LogP contribution in [0.3, 0.4) is 0 Å². The van der Waals surface area contributed by atoms with Crippen LogP contribution in [0.15, 0.2) is 22.8 Å². The van der Waals surface area contributed by atoms with E-state index in [0.29, 0.717) is 18.0 Å². The SMILES string of the molecule is CC(C)(C)OC(=O)N(CCc1c[nH]c2cc(Br)c(Cl)cc12)C(C)(C)C. The fourth-order valence-corrected chi connectivity index (χ4v) is 3.14. The molecule has 1 amide bonds. The lowest BCUT2D eigenvalue weighted by Crippen LogP contribution is -2.48. The molecule has 0 aliphatic carbocycles. The van der Waals surface area contributed by atoms with Gasteiger partial charge in [0.15, 0.2) is 0 Å². The molecule has 2 aromatic rings. The maximum atomic E-state index is 12.6. The molecule has 1 heterocycles. The van der Waals surface area contributed by atoms with Crippen molar-refractivity contribution in [3.63, 3.8) is 0 Å². The monoisotopic (exact) mass is 428 g/mol. The lowest BCUT2D eigenvalue weighted by Gasteiger charge is -2.36. The van der Waals surface area contributed by atoms with Crippen LogP contribution in [-0.2, 0) is 11.2 Å². The first-order chi connectivity index (χ1) is 11.4. The van der Waals surface area contributed by atoms with Gasteiger partial charge < -0.3 is 14.6 Å². The minimum Gasteiger partial charge on any atom is -0.444 e. The molecule has 2 rings (SSSR count). The van der Waals surface area contributed by atoms with Crippen LogP contribution in [0.25, 0.3) is 10.9 Å². The molecule has 0 aliphatic heterocycles. The second-order valence-corrected chi connectivity index (χ2v) is 9.44. The van der Waals surface area contributed by atoms with Crippen LogP contribution in [0.4, 0.5) is 4.79 Å². The predicted octanol–water partition coefficient (Wildman–Crippen LogP) is 6.16. The third-order valence-electron chi connectivity index (χ3n) is 3.84. The molecule has 0 aliphatic rings. The van der Waals surface area contributed by atoms with Gasteiger partial charge in [-0.3, -0.25) is 0 Å². The number of hydrogen-bond donors (Lipinski definition) is 1. The first-order valence-electron chi connectivity index (χ1n) is 8.34. The summed E-state index contributed by atoms with van der Waals surface area (Å²) in [5.41, 5.74) is 1.31. The molecular weight excluding hydrogens is 404 g/mol. The maximum Gasteiger partial charge on any atom is 0.410 e. The van der Waals surface area contributed by atoms with Crippen molar-refractivity contribution in [2.75, 3.05) is 6.54 Å². The van der Waals surface area contributed by atoms with E-state index >= 15 is 0 Å². The minimum absolute atomic E-state index is 0.291. The highest BCUT2D eigenvalue weighted by atomic mass is 79.9. The standard InChI is InChI=1S/C19H26BrClN2O2/c1-18(2,3)23(17(24)25-19(4,5)6)8-7-12-11-22-16-10-14(20)15(21)9-13(12)16/h9-11,22H,7-8H2,1-6H3. The summed E-state index contributed by atoms with van der Waals surface area (Å²) < 4.78 is 6.43. The molecule has 0 saturated heterocycles. The number of aromatic amines is 1. The number of halogens is 2. The third kappa shape index (κ3) is 5.14. The Morgan fingerprint density at radius 3 is 2.44 bits per heavy atom. The van der Waals surface area contributed by atoms with Gasteiger partial charge in [0.2, 0.25) is 0 Å². The summed E-state index contributed by atoms with van der Waals surface area (Å²) in [4.78, 5) is 17.6. The molecule has 0 spiro atoms. The first kappa shape index (κ1) is 20.1. The number of amides is 1. The zero-order chi connectivity index (χ0) is 19.0. The summed E-state index contributed by atoms with van der Waals surface area (Å²) in [7, 11) is 0. The summed E-state index contributed by atoms with van der Waals surface area (Å²) in [5, 5.41) is 1.75. The largest absolute Gasteiger partial charge is 0.444 e. The van der Waals surface area contributed by atoms with E-state index in [1.54, 1.807) is 4.90 Å². The molecule has 6 heteroatoms. The van der Waals surface area contributed by atoms with Crippen LogP contribution in [0, 0.1) is 0 Å². The Balaban J connectivity index is 2.21. The second-order valence-electron chi connectivity index (χ2n) is 8.18. The van der Waals surface area contributed by atoms with Gasteiger partial charge in [0.25, 0.3) is 0 Å². The molecule has 4 nitrogen and oxygen atoms in total. The molecule has 0 bridgehead atoms. The Bertz CT molecular complexity index is 772. The van der Waals surface area contributed by atoms with Crippen LogP contribution in [0.5, 0.6) is 0 Å². The lowest BCUT2D eigenvalue weighted by molar-refractivity contribution is 0.00666. The van der Waals surface area contributed by atoms with E-state index in [-0.39, 0.29) is 11.6 Å². The van der Waals surface area contributed by atoms with E-state index < -0.39 is 5.60 Å². The number of rotatable bonds is 3. The van der Waals surface area contributed by atoms with E-state index in [2.05, 4.69) is 20.9 Å². The number of benzene rings is 1. The first-order valence-corrected chi connectivity index (χ1v) is 9.51. The van der Waals surface area contributed by atoms with Gasteiger partial charge in [0.1, 0.15) is 5.60 Å². The average molecular weight is 430 g/mol. The maximum absolute atomic E-state index is 12.6. The number of nitrogens with zero attached hydrogens (tertiary/aromatic N) is 1. The zero-order valence-corrected chi connectivity index (χ0v) is 18.0. The van der Waals surface area contributed by atoms with Gasteiger partial charge in [-0.2, -0.15) is 0 Å². The van der Waals surface area contributed by atoms with Gasteiger partial charge in [0, 0.05) is 33.7 Å². The Kier molecular flexibility index (Phi) is 5.79. The van der Waals surface area contributed by atoms with Gasteiger partial charge in [0.05, 0.1) is 5.02 Å². The molecule has 1 aromatic carbocycles. The Morgan fingerprint density at radius 1 is 1.24 bits per heavy atom. The quantitative estimate of drug-likeness (QED) is 0.635. The highest BCUT2D eigenvalue weighted by Gasteiger charge is 2.30. The number of ether oxygens (including phenoxy) is 1. The Morgan fingerprint density at radius 2 is 1.88 bits per heavy atom. The molecule has 0 saturated carbocycles. The second kappa shape index (κ2) is 7.20. The molecule has 0 atom stereocenters. The summed E-state index contributed by atoms with van der Waals surface area (Å²) in [6.45, 7) is 12.3. The minimum atomic E-state index is -0.513. The topological polar surface area (TPSA) is 45.3 Å². The number of H-pyrrole nitrogens is 1. The summed E-state index contributed by atoms with van der Waals surface area (Å²) in [6, 6.07) is 3.91. The zero-order valence-electron chi connectivity index (χ0n) is 15.7. The van der Waals surface area contributed by atoms with Crippen molar-refractivity contribution in [1.29, 1.82) is 0 Å². The van der Waals surface area contributed by atoms with Crippen molar-refractivity contribution in [2.24, 2.45) is 0 Å². The summed E-state index contributed by atoms with van der Waals surface area (Å²) in [6.07, 6.45) is 2.40. The average Bonchev–Trinajstić information content (AvgIpc) is 2.78. The van der Waals surface area contributed by atoms with Gasteiger partial charge in [-0.15, -0.1) is 0 Å². The fourth-order valence-electron chi connectivity index (χ4n) is 2.63. The molecule has 0 fully saturated rings. The Hall–Kier alpha value is -1.20. The van der Waals surface area contributed by atoms with Crippen LogP contribution < -0.4 is 0 Å². The number of hydrogen-bond acceptors (Lipinski definition) is 2. The van der Waals surface area contributed by atoms with Gasteiger partial charge >= 0.3 is 6.09 Å². The van der Waals surface area contributed by atoms with Crippen molar-refractivity contribution < 1.29 is 9.53 Å². The van der Waals surface area contributed by atoms with Crippen LogP contribution in [0.1, 0.15) is 47.1 Å². The number of fused-ring (bicyclic) bond motifs is 1. The van der Waals surface area contributed by atoms with Crippen molar-refractivity contribution in [2.45, 2.75) is 59.1 Å². The number of carbonyl (C=O) groups excluding carboxylic acids is 1. The third-order valence-corrected chi connectivity index (χ3v) is 5.03. The van der Waals surface area contributed by atoms with Crippen molar-refractivity contribution >= 4 is 44.5 Å². The van der Waals surface area contributed by atoms with Crippen LogP contribution >= 0.6 is 27.5 Å². The van der Waals surface area contributed by atoms with Gasteiger partial charge in [-0.05, 0) is 81.6 Å². The van der Waals surface area contributed by atoms with Crippen LogP contribution in [0.2, 0.25) is 5.02 Å². The summed E-state index contributed by atoms with van der Waals surface area (Å²) >= 11 is 9.67. The van der Waals surface area contributed by atoms with Crippen molar-refractivity contribution in [3.8, 4) is 0 Å². The fraction of sp³-hybridized carbons (Fsp3) is 0.526. The molecule has 0 radical (unpaired) electrons. The van der Waals surface area contributed by atoms with Crippen LogP contribution in [-0.4, -0.2) is 33.7 Å².